The molecule has 0 aliphatic heterocycles. The van der Waals surface area contributed by atoms with E-state index in [1.54, 1.807) is 0 Å². The van der Waals surface area contributed by atoms with Crippen LogP contribution < -0.4 is 0 Å². The first kappa shape index (κ1) is 14.9. The molecule has 0 aromatic rings. The SMILES string of the molecule is CCCCCCC[Si](Cl)(Cl)C1CCCCC1. The number of unbranched alkanes of at least 4 members (excludes halogenated alkanes) is 4. The van der Waals surface area contributed by atoms with Crippen molar-refractivity contribution in [3.8, 4) is 0 Å². The van der Waals surface area contributed by atoms with Crippen LogP contribution in [0.25, 0.3) is 0 Å². The number of hydrogen-bond acceptors (Lipinski definition) is 0. The van der Waals surface area contributed by atoms with Crippen LogP contribution >= 0.6 is 22.2 Å². The lowest BCUT2D eigenvalue weighted by atomic mass is 10.0. The van der Waals surface area contributed by atoms with Crippen LogP contribution in [0.4, 0.5) is 0 Å². The molecule has 1 aliphatic carbocycles. The monoisotopic (exact) mass is 280 g/mol. The molecule has 0 heterocycles. The zero-order valence-corrected chi connectivity index (χ0v) is 13.1. The number of halogens is 2. The Hall–Kier alpha value is 0.797. The molecule has 0 aromatic heterocycles. The summed E-state index contributed by atoms with van der Waals surface area (Å²) in [5.74, 6) is 0. The molecule has 0 spiro atoms. The van der Waals surface area contributed by atoms with Gasteiger partial charge in [0.2, 0.25) is 0 Å². The molecule has 0 saturated heterocycles. The van der Waals surface area contributed by atoms with Crippen molar-refractivity contribution in [2.75, 3.05) is 0 Å². The third-order valence-corrected chi connectivity index (χ3v) is 9.59. The second-order valence-electron chi connectivity index (χ2n) is 5.26. The van der Waals surface area contributed by atoms with Crippen molar-refractivity contribution in [3.05, 3.63) is 0 Å². The van der Waals surface area contributed by atoms with E-state index in [0.717, 1.165) is 6.04 Å². The van der Waals surface area contributed by atoms with E-state index in [1.807, 2.05) is 0 Å². The molecule has 0 nitrogen and oxygen atoms in total. The van der Waals surface area contributed by atoms with Gasteiger partial charge in [-0.15, -0.1) is 22.2 Å². The molecule has 0 unspecified atom stereocenters. The van der Waals surface area contributed by atoms with Crippen LogP contribution in [0.15, 0.2) is 0 Å². The smallest absolute Gasteiger partial charge is 0.146 e. The molecule has 0 atom stereocenters. The zero-order chi connectivity index (χ0) is 11.9. The largest absolute Gasteiger partial charge is 0.254 e. The van der Waals surface area contributed by atoms with Gasteiger partial charge < -0.3 is 0 Å². The maximum absolute atomic E-state index is 6.63. The van der Waals surface area contributed by atoms with Crippen molar-refractivity contribution < 1.29 is 0 Å². The van der Waals surface area contributed by atoms with Crippen LogP contribution in [0.1, 0.15) is 71.1 Å². The quantitative estimate of drug-likeness (QED) is 0.295. The Balaban J connectivity index is 2.16. The lowest BCUT2D eigenvalue weighted by Gasteiger charge is -2.30. The summed E-state index contributed by atoms with van der Waals surface area (Å²) in [7, 11) is 0. The van der Waals surface area contributed by atoms with Gasteiger partial charge >= 0.3 is 0 Å². The Morgan fingerprint density at radius 2 is 1.56 bits per heavy atom. The highest BCUT2D eigenvalue weighted by atomic mass is 35.7. The van der Waals surface area contributed by atoms with E-state index in [1.165, 1.54) is 64.2 Å². The number of rotatable bonds is 7. The molecule has 0 N–H and O–H groups in total. The van der Waals surface area contributed by atoms with Gasteiger partial charge in [-0.1, -0.05) is 71.1 Å². The van der Waals surface area contributed by atoms with Gasteiger partial charge in [-0.25, -0.2) is 0 Å². The van der Waals surface area contributed by atoms with E-state index in [9.17, 15) is 0 Å². The minimum atomic E-state index is -1.92. The van der Waals surface area contributed by atoms with E-state index in [2.05, 4.69) is 6.92 Å². The van der Waals surface area contributed by atoms with Crippen molar-refractivity contribution in [1.82, 2.24) is 0 Å². The average Bonchev–Trinajstić information content (AvgIpc) is 2.30. The zero-order valence-electron chi connectivity index (χ0n) is 10.6. The van der Waals surface area contributed by atoms with Gasteiger partial charge in [-0.2, -0.15) is 0 Å². The second-order valence-corrected chi connectivity index (χ2v) is 12.7. The molecule has 1 aliphatic rings. The minimum absolute atomic E-state index is 0.691. The van der Waals surface area contributed by atoms with Crippen LogP contribution in [0.5, 0.6) is 0 Å². The number of hydrogen-bond donors (Lipinski definition) is 0. The predicted octanol–water partition coefficient (Wildman–Crippen LogP) is 6.21. The molecule has 0 amide bonds. The molecular formula is C13H26Cl2Si. The van der Waals surface area contributed by atoms with Crippen molar-refractivity contribution in [1.29, 1.82) is 0 Å². The summed E-state index contributed by atoms with van der Waals surface area (Å²) in [5.41, 5.74) is 0.691. The fraction of sp³-hybridized carbons (Fsp3) is 1.00. The van der Waals surface area contributed by atoms with Gasteiger partial charge in [0.05, 0.1) is 0 Å². The fourth-order valence-electron chi connectivity index (χ4n) is 2.69. The average molecular weight is 281 g/mol. The Morgan fingerprint density at radius 1 is 0.938 bits per heavy atom. The first-order valence-corrected chi connectivity index (χ1v) is 11.4. The fourth-order valence-corrected chi connectivity index (χ4v) is 7.19. The highest BCUT2D eigenvalue weighted by Crippen LogP contribution is 2.44. The second kappa shape index (κ2) is 8.00. The van der Waals surface area contributed by atoms with E-state index < -0.39 is 6.69 Å². The molecule has 3 heteroatoms. The van der Waals surface area contributed by atoms with Gasteiger partial charge in [0.1, 0.15) is 0 Å². The Morgan fingerprint density at radius 3 is 2.19 bits per heavy atom. The van der Waals surface area contributed by atoms with Crippen LogP contribution in [0.3, 0.4) is 0 Å². The van der Waals surface area contributed by atoms with E-state index in [-0.39, 0.29) is 0 Å². The molecule has 1 saturated carbocycles. The Bertz CT molecular complexity index is 177. The maximum atomic E-state index is 6.63. The Kier molecular flexibility index (Phi) is 7.43. The van der Waals surface area contributed by atoms with E-state index >= 15 is 0 Å². The molecule has 1 rings (SSSR count). The minimum Gasteiger partial charge on any atom is -0.146 e. The van der Waals surface area contributed by atoms with E-state index in [0.29, 0.717) is 5.54 Å². The van der Waals surface area contributed by atoms with Gasteiger partial charge in [-0.3, -0.25) is 0 Å². The predicted molar refractivity (Wildman–Crippen MR) is 77.9 cm³/mol. The summed E-state index contributed by atoms with van der Waals surface area (Å²) in [6.45, 7) is 0.336. The first-order chi connectivity index (χ1) is 7.67. The van der Waals surface area contributed by atoms with Gasteiger partial charge in [0.15, 0.2) is 0 Å². The highest BCUT2D eigenvalue weighted by Gasteiger charge is 2.38. The third kappa shape index (κ3) is 5.42. The standard InChI is InChI=1S/C13H26Cl2Si/c1-2-3-4-5-9-12-16(14,15)13-10-7-6-8-11-13/h13H,2-12H2,1H3. The molecular weight excluding hydrogens is 255 g/mol. The first-order valence-electron chi connectivity index (χ1n) is 7.04. The lowest BCUT2D eigenvalue weighted by molar-refractivity contribution is 0.495. The molecule has 0 radical (unpaired) electrons. The van der Waals surface area contributed by atoms with Crippen LogP contribution in [-0.4, -0.2) is 6.69 Å². The molecule has 0 bridgehead atoms. The van der Waals surface area contributed by atoms with Gasteiger partial charge in [0.25, 0.3) is 6.69 Å². The van der Waals surface area contributed by atoms with Crippen molar-refractivity contribution in [2.24, 2.45) is 0 Å². The third-order valence-electron chi connectivity index (χ3n) is 3.82. The summed E-state index contributed by atoms with van der Waals surface area (Å²) >= 11 is 13.3. The topological polar surface area (TPSA) is 0 Å². The van der Waals surface area contributed by atoms with Crippen LogP contribution in [-0.2, 0) is 0 Å². The van der Waals surface area contributed by atoms with Gasteiger partial charge in [-0.05, 0) is 11.6 Å². The molecule has 16 heavy (non-hydrogen) atoms. The Labute approximate surface area is 112 Å². The lowest BCUT2D eigenvalue weighted by Crippen LogP contribution is -2.28. The summed E-state index contributed by atoms with van der Waals surface area (Å²) in [6.07, 6.45) is 13.3. The van der Waals surface area contributed by atoms with Crippen molar-refractivity contribution in [3.63, 3.8) is 0 Å². The highest BCUT2D eigenvalue weighted by molar-refractivity contribution is 7.46. The molecule has 0 aromatic carbocycles. The maximum Gasteiger partial charge on any atom is 0.254 e. The summed E-state index contributed by atoms with van der Waals surface area (Å²) in [4.78, 5) is 0. The normalized spacial score (nSPS) is 18.9. The summed E-state index contributed by atoms with van der Waals surface area (Å²) < 4.78 is 0. The van der Waals surface area contributed by atoms with Crippen molar-refractivity contribution in [2.45, 2.75) is 82.7 Å². The molecule has 1 fully saturated rings. The summed E-state index contributed by atoms with van der Waals surface area (Å²) in [6, 6.07) is 1.13. The van der Waals surface area contributed by atoms with Crippen LogP contribution in [0.2, 0.25) is 11.6 Å². The molecule has 96 valence electrons. The summed E-state index contributed by atoms with van der Waals surface area (Å²) in [5, 5.41) is 0. The van der Waals surface area contributed by atoms with E-state index in [4.69, 9.17) is 22.2 Å². The van der Waals surface area contributed by atoms with Gasteiger partial charge in [0, 0.05) is 0 Å². The van der Waals surface area contributed by atoms with Crippen LogP contribution in [0, 0.1) is 0 Å². The van der Waals surface area contributed by atoms with Crippen molar-refractivity contribution >= 4 is 28.9 Å².